The lowest BCUT2D eigenvalue weighted by Gasteiger charge is -2.27. The van der Waals surface area contributed by atoms with E-state index in [2.05, 4.69) is 4.90 Å². The molecule has 3 N–H and O–H groups in total. The zero-order valence-corrected chi connectivity index (χ0v) is 11.1. The molecule has 0 bridgehead atoms. The molecular formula is C14H20N2O3. The van der Waals surface area contributed by atoms with E-state index in [-0.39, 0.29) is 12.0 Å². The van der Waals surface area contributed by atoms with Crippen LogP contribution in [0.5, 0.6) is 5.75 Å². The third kappa shape index (κ3) is 3.05. The summed E-state index contributed by atoms with van der Waals surface area (Å²) in [6.07, 6.45) is 0.696. The monoisotopic (exact) mass is 264 g/mol. The number of ether oxygens (including phenoxy) is 1. The van der Waals surface area contributed by atoms with Gasteiger partial charge in [-0.25, -0.2) is 0 Å². The average Bonchev–Trinajstić information content (AvgIpc) is 2.90. The molecule has 1 aliphatic heterocycles. The lowest BCUT2D eigenvalue weighted by atomic mass is 10.1. The summed E-state index contributed by atoms with van der Waals surface area (Å²) < 4.78 is 5.13. The van der Waals surface area contributed by atoms with E-state index in [0.717, 1.165) is 17.9 Å². The fourth-order valence-electron chi connectivity index (χ4n) is 2.59. The molecule has 0 radical (unpaired) electrons. The summed E-state index contributed by atoms with van der Waals surface area (Å²) in [5.74, 6) is -0.176. The molecule has 5 nitrogen and oxygen atoms in total. The van der Waals surface area contributed by atoms with Gasteiger partial charge in [0.05, 0.1) is 13.0 Å². The minimum Gasteiger partial charge on any atom is -0.497 e. The fraction of sp³-hybridized carbons (Fsp3) is 0.500. The standard InChI is InChI=1S/C14H20N2O3/c1-19-12-4-2-10(3-5-12)13(8-15)16-7-6-11(9-16)14(17)18/h2-5,11,13H,6-9,15H2,1H3,(H,17,18)/t11-,13+/m1/s1. The minimum absolute atomic E-state index is 0.0789. The predicted octanol–water partition coefficient (Wildman–Crippen LogP) is 1.10. The van der Waals surface area contributed by atoms with E-state index in [1.165, 1.54) is 0 Å². The second-order valence-electron chi connectivity index (χ2n) is 4.84. The molecule has 104 valence electrons. The number of likely N-dealkylation sites (tertiary alicyclic amines) is 1. The highest BCUT2D eigenvalue weighted by atomic mass is 16.5. The number of benzene rings is 1. The first kappa shape index (κ1) is 13.8. The smallest absolute Gasteiger partial charge is 0.307 e. The third-order valence-electron chi connectivity index (χ3n) is 3.73. The van der Waals surface area contributed by atoms with Gasteiger partial charge in [-0.2, -0.15) is 0 Å². The van der Waals surface area contributed by atoms with E-state index >= 15 is 0 Å². The molecule has 1 aromatic carbocycles. The molecular weight excluding hydrogens is 244 g/mol. The highest BCUT2D eigenvalue weighted by Gasteiger charge is 2.32. The van der Waals surface area contributed by atoms with Crippen LogP contribution in [0.15, 0.2) is 24.3 Å². The number of methoxy groups -OCH3 is 1. The summed E-state index contributed by atoms with van der Waals surface area (Å²) in [6, 6.07) is 7.87. The molecule has 1 aliphatic rings. The summed E-state index contributed by atoms with van der Waals surface area (Å²) >= 11 is 0. The van der Waals surface area contributed by atoms with Crippen LogP contribution in [-0.2, 0) is 4.79 Å². The van der Waals surface area contributed by atoms with Gasteiger partial charge >= 0.3 is 5.97 Å². The number of hydrogen-bond acceptors (Lipinski definition) is 4. The number of hydrogen-bond donors (Lipinski definition) is 2. The molecule has 1 saturated heterocycles. The number of carboxylic acids is 1. The highest BCUT2D eigenvalue weighted by molar-refractivity contribution is 5.70. The van der Waals surface area contributed by atoms with Gasteiger partial charge in [0, 0.05) is 19.1 Å². The van der Waals surface area contributed by atoms with E-state index < -0.39 is 5.97 Å². The van der Waals surface area contributed by atoms with Crippen molar-refractivity contribution in [3.05, 3.63) is 29.8 Å². The van der Waals surface area contributed by atoms with Crippen LogP contribution in [0.25, 0.3) is 0 Å². The zero-order valence-electron chi connectivity index (χ0n) is 11.1. The van der Waals surface area contributed by atoms with Gasteiger partial charge < -0.3 is 15.6 Å². The van der Waals surface area contributed by atoms with Crippen molar-refractivity contribution in [2.75, 3.05) is 26.7 Å². The number of rotatable bonds is 5. The second kappa shape index (κ2) is 6.04. The van der Waals surface area contributed by atoms with Crippen LogP contribution in [0.3, 0.4) is 0 Å². The maximum Gasteiger partial charge on any atom is 0.307 e. The van der Waals surface area contributed by atoms with E-state index in [0.29, 0.717) is 19.5 Å². The van der Waals surface area contributed by atoms with Gasteiger partial charge in [-0.15, -0.1) is 0 Å². The Kier molecular flexibility index (Phi) is 4.39. The van der Waals surface area contributed by atoms with Crippen LogP contribution in [0.4, 0.5) is 0 Å². The summed E-state index contributed by atoms with van der Waals surface area (Å²) in [7, 11) is 1.63. The third-order valence-corrected chi connectivity index (χ3v) is 3.73. The molecule has 5 heteroatoms. The van der Waals surface area contributed by atoms with Crippen LogP contribution >= 0.6 is 0 Å². The molecule has 0 unspecified atom stereocenters. The van der Waals surface area contributed by atoms with Crippen molar-refractivity contribution >= 4 is 5.97 Å². The van der Waals surface area contributed by atoms with Crippen molar-refractivity contribution in [3.63, 3.8) is 0 Å². The molecule has 0 amide bonds. The van der Waals surface area contributed by atoms with Gasteiger partial charge in [0.2, 0.25) is 0 Å². The Hall–Kier alpha value is -1.59. The molecule has 1 heterocycles. The number of nitrogens with zero attached hydrogens (tertiary/aromatic N) is 1. The molecule has 0 spiro atoms. The van der Waals surface area contributed by atoms with Crippen molar-refractivity contribution in [3.8, 4) is 5.75 Å². The Morgan fingerprint density at radius 3 is 2.68 bits per heavy atom. The Morgan fingerprint density at radius 2 is 2.21 bits per heavy atom. The molecule has 0 saturated carbocycles. The van der Waals surface area contributed by atoms with Gasteiger partial charge in [0.25, 0.3) is 0 Å². The van der Waals surface area contributed by atoms with Gasteiger partial charge in [-0.05, 0) is 30.7 Å². The van der Waals surface area contributed by atoms with Crippen LogP contribution in [0, 0.1) is 5.92 Å². The number of carbonyl (C=O) groups is 1. The lowest BCUT2D eigenvalue weighted by molar-refractivity contribution is -0.141. The molecule has 1 aromatic rings. The van der Waals surface area contributed by atoms with Crippen molar-refractivity contribution in [2.24, 2.45) is 11.7 Å². The van der Waals surface area contributed by atoms with Crippen LogP contribution in [0.2, 0.25) is 0 Å². The minimum atomic E-state index is -0.715. The quantitative estimate of drug-likeness (QED) is 0.833. The van der Waals surface area contributed by atoms with Crippen molar-refractivity contribution in [1.82, 2.24) is 4.90 Å². The van der Waals surface area contributed by atoms with E-state index in [1.54, 1.807) is 7.11 Å². The first-order valence-electron chi connectivity index (χ1n) is 6.46. The van der Waals surface area contributed by atoms with Gasteiger partial charge in [-0.3, -0.25) is 9.69 Å². The largest absolute Gasteiger partial charge is 0.497 e. The Bertz CT molecular complexity index is 433. The maximum absolute atomic E-state index is 11.0. The van der Waals surface area contributed by atoms with Crippen molar-refractivity contribution < 1.29 is 14.6 Å². The maximum atomic E-state index is 11.0. The molecule has 0 aromatic heterocycles. The molecule has 2 atom stereocenters. The van der Waals surface area contributed by atoms with E-state index in [4.69, 9.17) is 15.6 Å². The molecule has 19 heavy (non-hydrogen) atoms. The summed E-state index contributed by atoms with van der Waals surface area (Å²) in [4.78, 5) is 13.2. The second-order valence-corrected chi connectivity index (χ2v) is 4.84. The Labute approximate surface area is 113 Å². The SMILES string of the molecule is COc1ccc([C@H](CN)N2CC[C@@H](C(=O)O)C2)cc1. The van der Waals surface area contributed by atoms with Crippen molar-refractivity contribution in [2.45, 2.75) is 12.5 Å². The summed E-state index contributed by atoms with van der Waals surface area (Å²) in [5, 5.41) is 9.05. The van der Waals surface area contributed by atoms with Crippen molar-refractivity contribution in [1.29, 1.82) is 0 Å². The Balaban J connectivity index is 2.09. The van der Waals surface area contributed by atoms with Crippen LogP contribution in [-0.4, -0.2) is 42.7 Å². The number of carboxylic acid groups (broad SMARTS) is 1. The first-order chi connectivity index (χ1) is 9.15. The predicted molar refractivity (Wildman–Crippen MR) is 72.1 cm³/mol. The molecule has 1 fully saturated rings. The summed E-state index contributed by atoms with van der Waals surface area (Å²) in [5.41, 5.74) is 6.96. The molecule has 0 aliphatic carbocycles. The lowest BCUT2D eigenvalue weighted by Crippen LogP contribution is -2.32. The van der Waals surface area contributed by atoms with Gasteiger partial charge in [-0.1, -0.05) is 12.1 Å². The molecule has 2 rings (SSSR count). The fourth-order valence-corrected chi connectivity index (χ4v) is 2.59. The average molecular weight is 264 g/mol. The normalized spacial score (nSPS) is 21.3. The Morgan fingerprint density at radius 1 is 1.53 bits per heavy atom. The number of nitrogens with two attached hydrogens (primary N) is 1. The van der Waals surface area contributed by atoms with Gasteiger partial charge in [0.15, 0.2) is 0 Å². The first-order valence-corrected chi connectivity index (χ1v) is 6.46. The van der Waals surface area contributed by atoms with Gasteiger partial charge in [0.1, 0.15) is 5.75 Å². The van der Waals surface area contributed by atoms with Crippen LogP contribution < -0.4 is 10.5 Å². The highest BCUT2D eigenvalue weighted by Crippen LogP contribution is 2.28. The van der Waals surface area contributed by atoms with E-state index in [9.17, 15) is 4.79 Å². The van der Waals surface area contributed by atoms with Crippen LogP contribution in [0.1, 0.15) is 18.0 Å². The zero-order chi connectivity index (χ0) is 13.8. The number of aliphatic carboxylic acids is 1. The summed E-state index contributed by atoms with van der Waals surface area (Å²) in [6.45, 7) is 1.84. The van der Waals surface area contributed by atoms with E-state index in [1.807, 2.05) is 24.3 Å². The topological polar surface area (TPSA) is 75.8 Å².